The Morgan fingerprint density at radius 3 is 2.84 bits per heavy atom. The van der Waals surface area contributed by atoms with Crippen molar-refractivity contribution in [1.82, 2.24) is 14.5 Å². The molecule has 2 aliphatic heterocycles. The minimum Gasteiger partial charge on any atom is -0.338 e. The van der Waals surface area contributed by atoms with Crippen molar-refractivity contribution in [2.75, 3.05) is 6.54 Å². The second-order valence-corrected chi connectivity index (χ2v) is 8.86. The van der Waals surface area contributed by atoms with Gasteiger partial charge in [0, 0.05) is 49.8 Å². The largest absolute Gasteiger partial charge is 0.338 e. The van der Waals surface area contributed by atoms with Crippen molar-refractivity contribution >= 4 is 5.91 Å². The number of nitrogens with zero attached hydrogens (tertiary/aromatic N) is 3. The van der Waals surface area contributed by atoms with Crippen LogP contribution in [0.1, 0.15) is 66.4 Å². The normalized spacial score (nSPS) is 18.9. The summed E-state index contributed by atoms with van der Waals surface area (Å²) in [7, 11) is 0. The molecule has 0 radical (unpaired) electrons. The van der Waals surface area contributed by atoms with Crippen LogP contribution in [0.5, 0.6) is 0 Å². The van der Waals surface area contributed by atoms with Crippen LogP contribution in [-0.4, -0.2) is 26.9 Å². The molecule has 0 fully saturated rings. The van der Waals surface area contributed by atoms with Crippen LogP contribution in [0.2, 0.25) is 0 Å². The molecule has 1 aromatic heterocycles. The van der Waals surface area contributed by atoms with Gasteiger partial charge in [0.2, 0.25) is 5.91 Å². The highest BCUT2D eigenvalue weighted by molar-refractivity contribution is 5.78. The molecule has 0 saturated carbocycles. The summed E-state index contributed by atoms with van der Waals surface area (Å²) in [6.45, 7) is 3.58. The Labute approximate surface area is 182 Å². The van der Waals surface area contributed by atoms with Crippen molar-refractivity contribution in [2.45, 2.75) is 57.5 Å². The third-order valence-corrected chi connectivity index (χ3v) is 6.84. The molecule has 5 heteroatoms. The number of aromatic nitrogens is 2. The van der Waals surface area contributed by atoms with E-state index < -0.39 is 0 Å². The van der Waals surface area contributed by atoms with Gasteiger partial charge in [0.25, 0.3) is 0 Å². The molecule has 2 aliphatic rings. The van der Waals surface area contributed by atoms with Gasteiger partial charge >= 0.3 is 0 Å². The number of hydrogen-bond acceptors (Lipinski definition) is 2. The molecule has 2 unspecified atom stereocenters. The molecule has 0 bridgehead atoms. The molecule has 0 saturated heterocycles. The van der Waals surface area contributed by atoms with Gasteiger partial charge in [-0.25, -0.2) is 9.37 Å². The lowest BCUT2D eigenvalue weighted by molar-refractivity contribution is -0.132. The van der Waals surface area contributed by atoms with Gasteiger partial charge in [-0.05, 0) is 55.0 Å². The van der Waals surface area contributed by atoms with Crippen molar-refractivity contribution in [3.8, 4) is 0 Å². The molecular weight excluding hydrogens is 389 g/mol. The Hall–Kier alpha value is -2.95. The Morgan fingerprint density at radius 2 is 2.00 bits per heavy atom. The highest BCUT2D eigenvalue weighted by atomic mass is 19.1. The maximum absolute atomic E-state index is 14.1. The molecule has 2 atom stereocenters. The summed E-state index contributed by atoms with van der Waals surface area (Å²) in [6.07, 6.45) is 6.30. The average molecular weight is 418 g/mol. The predicted molar refractivity (Wildman–Crippen MR) is 118 cm³/mol. The number of imidazole rings is 1. The Kier molecular flexibility index (Phi) is 5.34. The quantitative estimate of drug-likeness (QED) is 0.597. The number of carbonyl (C=O) groups is 1. The number of aryl methyl sites for hydroxylation is 1. The minimum absolute atomic E-state index is 0.114. The predicted octanol–water partition coefficient (Wildman–Crippen LogP) is 5.03. The number of benzene rings is 2. The highest BCUT2D eigenvalue weighted by Gasteiger charge is 2.30. The van der Waals surface area contributed by atoms with Gasteiger partial charge in [0.15, 0.2) is 0 Å². The van der Waals surface area contributed by atoms with E-state index in [1.165, 1.54) is 17.2 Å². The van der Waals surface area contributed by atoms with Gasteiger partial charge in [0.1, 0.15) is 11.6 Å². The summed E-state index contributed by atoms with van der Waals surface area (Å²) in [5.41, 5.74) is 4.41. The minimum atomic E-state index is -0.270. The third kappa shape index (κ3) is 3.89. The highest BCUT2D eigenvalue weighted by Crippen LogP contribution is 2.35. The number of halogens is 1. The van der Waals surface area contributed by atoms with E-state index in [0.29, 0.717) is 19.0 Å². The van der Waals surface area contributed by atoms with E-state index in [2.05, 4.69) is 34.7 Å². The van der Waals surface area contributed by atoms with E-state index in [1.54, 1.807) is 12.1 Å². The van der Waals surface area contributed by atoms with Gasteiger partial charge in [-0.1, -0.05) is 36.4 Å². The van der Waals surface area contributed by atoms with E-state index in [1.807, 2.05) is 23.2 Å². The molecule has 0 aliphatic carbocycles. The molecule has 3 heterocycles. The fraction of sp³-hybridized carbons (Fsp3) is 0.385. The molecule has 4 nitrogen and oxygen atoms in total. The fourth-order valence-electron chi connectivity index (χ4n) is 5.18. The first kappa shape index (κ1) is 20.0. The first-order valence-corrected chi connectivity index (χ1v) is 11.3. The van der Waals surface area contributed by atoms with Crippen LogP contribution in [-0.2, 0) is 24.2 Å². The van der Waals surface area contributed by atoms with Crippen molar-refractivity contribution < 1.29 is 9.18 Å². The maximum atomic E-state index is 14.1. The Bertz CT molecular complexity index is 1110. The van der Waals surface area contributed by atoms with Gasteiger partial charge in [-0.3, -0.25) is 4.79 Å². The molecule has 31 heavy (non-hydrogen) atoms. The second kappa shape index (κ2) is 8.29. The smallest absolute Gasteiger partial charge is 0.223 e. The Balaban J connectivity index is 1.46. The van der Waals surface area contributed by atoms with Crippen LogP contribution in [0.4, 0.5) is 4.39 Å². The van der Waals surface area contributed by atoms with E-state index in [9.17, 15) is 9.18 Å². The van der Waals surface area contributed by atoms with Crippen molar-refractivity contribution in [3.05, 3.63) is 88.8 Å². The number of carbonyl (C=O) groups excluding carboxylic acids is 1. The summed E-state index contributed by atoms with van der Waals surface area (Å²) >= 11 is 0. The summed E-state index contributed by atoms with van der Waals surface area (Å²) in [5, 5.41) is 0. The van der Waals surface area contributed by atoms with Crippen LogP contribution in [0, 0.1) is 5.82 Å². The van der Waals surface area contributed by atoms with E-state index in [4.69, 9.17) is 0 Å². The maximum Gasteiger partial charge on any atom is 0.223 e. The summed E-state index contributed by atoms with van der Waals surface area (Å²) in [5.74, 6) is 0.715. The van der Waals surface area contributed by atoms with Crippen LogP contribution in [0.15, 0.2) is 54.7 Å². The molecule has 160 valence electrons. The van der Waals surface area contributed by atoms with Crippen LogP contribution >= 0.6 is 0 Å². The fourth-order valence-corrected chi connectivity index (χ4v) is 5.18. The lowest BCUT2D eigenvalue weighted by Crippen LogP contribution is -2.37. The first-order chi connectivity index (χ1) is 15.1. The number of rotatable bonds is 4. The SMILES string of the molecule is CC1CCCc2ncc(C(CC(=O)N3CCc4ccccc4C3)c3cccc(F)c3)n21. The van der Waals surface area contributed by atoms with Crippen molar-refractivity contribution in [2.24, 2.45) is 0 Å². The molecule has 5 rings (SSSR count). The van der Waals surface area contributed by atoms with Gasteiger partial charge in [-0.15, -0.1) is 0 Å². The molecule has 0 spiro atoms. The van der Waals surface area contributed by atoms with Crippen molar-refractivity contribution in [1.29, 1.82) is 0 Å². The van der Waals surface area contributed by atoms with Crippen LogP contribution in [0.25, 0.3) is 0 Å². The average Bonchev–Trinajstić information content (AvgIpc) is 3.22. The molecule has 3 aromatic rings. The molecule has 2 aromatic carbocycles. The lowest BCUT2D eigenvalue weighted by Gasteiger charge is -2.31. The van der Waals surface area contributed by atoms with Crippen LogP contribution in [0.3, 0.4) is 0 Å². The van der Waals surface area contributed by atoms with E-state index >= 15 is 0 Å². The summed E-state index contributed by atoms with van der Waals surface area (Å²) in [4.78, 5) is 20.0. The zero-order valence-corrected chi connectivity index (χ0v) is 17.9. The van der Waals surface area contributed by atoms with Gasteiger partial charge < -0.3 is 9.47 Å². The lowest BCUT2D eigenvalue weighted by atomic mass is 9.90. The number of fused-ring (bicyclic) bond motifs is 2. The Morgan fingerprint density at radius 1 is 1.16 bits per heavy atom. The van der Waals surface area contributed by atoms with Gasteiger partial charge in [0.05, 0.1) is 0 Å². The molecule has 0 N–H and O–H groups in total. The first-order valence-electron chi connectivity index (χ1n) is 11.3. The summed E-state index contributed by atoms with van der Waals surface area (Å²) < 4.78 is 16.4. The van der Waals surface area contributed by atoms with E-state index in [-0.39, 0.29) is 17.6 Å². The summed E-state index contributed by atoms with van der Waals surface area (Å²) in [6, 6.07) is 15.4. The zero-order valence-electron chi connectivity index (χ0n) is 17.9. The number of amides is 1. The topological polar surface area (TPSA) is 38.1 Å². The van der Waals surface area contributed by atoms with E-state index in [0.717, 1.165) is 49.3 Å². The van der Waals surface area contributed by atoms with Gasteiger partial charge in [-0.2, -0.15) is 0 Å². The number of hydrogen-bond donors (Lipinski definition) is 0. The van der Waals surface area contributed by atoms with Crippen LogP contribution < -0.4 is 0 Å². The standard InChI is InChI=1S/C26H28FN3O/c1-18-6-4-11-25-28-16-24(30(18)25)23(20-9-5-10-22(27)14-20)15-26(31)29-13-12-19-7-2-3-8-21(19)17-29/h2-3,5,7-10,14,16,18,23H,4,6,11-13,15,17H2,1H3. The molecular formula is C26H28FN3O. The monoisotopic (exact) mass is 417 g/mol. The van der Waals surface area contributed by atoms with Crippen molar-refractivity contribution in [3.63, 3.8) is 0 Å². The third-order valence-electron chi connectivity index (χ3n) is 6.84. The second-order valence-electron chi connectivity index (χ2n) is 8.86. The zero-order chi connectivity index (χ0) is 21.4. The molecule has 1 amide bonds.